The van der Waals surface area contributed by atoms with E-state index in [4.69, 9.17) is 5.11 Å². The van der Waals surface area contributed by atoms with Gasteiger partial charge in [0.1, 0.15) is 0 Å². The Labute approximate surface area is 102 Å². The Morgan fingerprint density at radius 2 is 1.94 bits per heavy atom. The van der Waals surface area contributed by atoms with Crippen LogP contribution < -0.4 is 10.6 Å². The predicted octanol–water partition coefficient (Wildman–Crippen LogP) is 1.37. The fourth-order valence-corrected chi connectivity index (χ4v) is 1.46. The lowest BCUT2D eigenvalue weighted by atomic mass is 10.2. The number of nitrogens with one attached hydrogen (secondary N) is 2. The molecule has 0 fully saturated rings. The van der Waals surface area contributed by atoms with Crippen molar-refractivity contribution in [3.63, 3.8) is 0 Å². The van der Waals surface area contributed by atoms with Crippen molar-refractivity contribution in [3.8, 4) is 0 Å². The van der Waals surface area contributed by atoms with Gasteiger partial charge in [0.05, 0.1) is 6.10 Å². The maximum Gasteiger partial charge on any atom is 0.225 e. The van der Waals surface area contributed by atoms with Crippen LogP contribution in [0.3, 0.4) is 0 Å². The number of carbonyl (C=O) groups is 1. The first-order chi connectivity index (χ1) is 8.08. The van der Waals surface area contributed by atoms with Crippen LogP contribution in [0.1, 0.15) is 20.3 Å². The zero-order valence-electron chi connectivity index (χ0n) is 10.3. The van der Waals surface area contributed by atoms with E-state index in [0.717, 1.165) is 5.69 Å². The predicted molar refractivity (Wildman–Crippen MR) is 68.8 cm³/mol. The lowest BCUT2D eigenvalue weighted by molar-refractivity contribution is -0.116. The standard InChI is InChI=1S/C13H20N2O2/c1-10(14-9-11(2)16)8-13(17)15-12-6-4-3-5-7-12/h3-7,10-11,14,16H,8-9H2,1-2H3,(H,15,17). The van der Waals surface area contributed by atoms with E-state index in [1.807, 2.05) is 37.3 Å². The number of carbonyl (C=O) groups excluding carboxylic acids is 1. The molecule has 1 aromatic rings. The molecule has 0 bridgehead atoms. The lowest BCUT2D eigenvalue weighted by Crippen LogP contribution is -2.35. The fraction of sp³-hybridized carbons (Fsp3) is 0.462. The van der Waals surface area contributed by atoms with Crippen molar-refractivity contribution in [2.24, 2.45) is 0 Å². The molecule has 0 aromatic heterocycles. The lowest BCUT2D eigenvalue weighted by Gasteiger charge is -2.14. The minimum Gasteiger partial charge on any atom is -0.392 e. The number of para-hydroxylation sites is 1. The molecule has 0 aliphatic heterocycles. The summed E-state index contributed by atoms with van der Waals surface area (Å²) in [5.74, 6) is -0.0261. The summed E-state index contributed by atoms with van der Waals surface area (Å²) in [6.45, 7) is 4.14. The van der Waals surface area contributed by atoms with E-state index in [1.54, 1.807) is 6.92 Å². The van der Waals surface area contributed by atoms with Crippen LogP contribution in [0.25, 0.3) is 0 Å². The first kappa shape index (κ1) is 13.7. The molecule has 0 spiro atoms. The number of hydrogen-bond acceptors (Lipinski definition) is 3. The second kappa shape index (κ2) is 7.04. The second-order valence-electron chi connectivity index (χ2n) is 4.28. The van der Waals surface area contributed by atoms with Gasteiger partial charge in [0, 0.05) is 24.7 Å². The van der Waals surface area contributed by atoms with Crippen molar-refractivity contribution in [1.82, 2.24) is 5.32 Å². The van der Waals surface area contributed by atoms with Crippen LogP contribution in [0.15, 0.2) is 30.3 Å². The van der Waals surface area contributed by atoms with Gasteiger partial charge in [-0.3, -0.25) is 4.79 Å². The largest absolute Gasteiger partial charge is 0.392 e. The molecule has 1 amide bonds. The van der Waals surface area contributed by atoms with Gasteiger partial charge in [0.2, 0.25) is 5.91 Å². The molecule has 1 rings (SSSR count). The number of benzene rings is 1. The molecule has 4 heteroatoms. The third kappa shape index (κ3) is 6.04. The van der Waals surface area contributed by atoms with Crippen LogP contribution in [-0.2, 0) is 4.79 Å². The minimum absolute atomic E-state index is 0.0261. The summed E-state index contributed by atoms with van der Waals surface area (Å²) in [6, 6.07) is 9.42. The molecular formula is C13H20N2O2. The van der Waals surface area contributed by atoms with E-state index in [0.29, 0.717) is 13.0 Å². The van der Waals surface area contributed by atoms with Gasteiger partial charge in [-0.2, -0.15) is 0 Å². The van der Waals surface area contributed by atoms with Crippen molar-refractivity contribution >= 4 is 11.6 Å². The monoisotopic (exact) mass is 236 g/mol. The number of anilines is 1. The quantitative estimate of drug-likeness (QED) is 0.699. The molecule has 0 heterocycles. The smallest absolute Gasteiger partial charge is 0.225 e. The van der Waals surface area contributed by atoms with Crippen LogP contribution in [0.4, 0.5) is 5.69 Å². The molecule has 2 unspecified atom stereocenters. The first-order valence-corrected chi connectivity index (χ1v) is 5.84. The van der Waals surface area contributed by atoms with E-state index in [-0.39, 0.29) is 11.9 Å². The van der Waals surface area contributed by atoms with Crippen molar-refractivity contribution < 1.29 is 9.90 Å². The van der Waals surface area contributed by atoms with E-state index in [2.05, 4.69) is 10.6 Å². The first-order valence-electron chi connectivity index (χ1n) is 5.84. The van der Waals surface area contributed by atoms with Crippen LogP contribution in [0.5, 0.6) is 0 Å². The van der Waals surface area contributed by atoms with Gasteiger partial charge in [-0.15, -0.1) is 0 Å². The third-order valence-corrected chi connectivity index (χ3v) is 2.31. The Kier molecular flexibility index (Phi) is 5.66. The molecule has 1 aromatic carbocycles. The number of hydrogen-bond donors (Lipinski definition) is 3. The Balaban J connectivity index is 2.29. The van der Waals surface area contributed by atoms with E-state index < -0.39 is 6.10 Å². The normalized spacial score (nSPS) is 14.1. The summed E-state index contributed by atoms with van der Waals surface area (Å²) < 4.78 is 0. The molecule has 4 nitrogen and oxygen atoms in total. The van der Waals surface area contributed by atoms with Crippen LogP contribution in [0, 0.1) is 0 Å². The zero-order valence-corrected chi connectivity index (χ0v) is 10.3. The van der Waals surface area contributed by atoms with Crippen molar-refractivity contribution in [1.29, 1.82) is 0 Å². The fourth-order valence-electron chi connectivity index (χ4n) is 1.46. The van der Waals surface area contributed by atoms with E-state index in [9.17, 15) is 4.79 Å². The number of rotatable bonds is 6. The average molecular weight is 236 g/mol. The van der Waals surface area contributed by atoms with Crippen LogP contribution in [-0.4, -0.2) is 29.7 Å². The summed E-state index contributed by atoms with van der Waals surface area (Å²) in [7, 11) is 0. The van der Waals surface area contributed by atoms with E-state index in [1.165, 1.54) is 0 Å². The van der Waals surface area contributed by atoms with Crippen LogP contribution in [0.2, 0.25) is 0 Å². The van der Waals surface area contributed by atoms with Crippen LogP contribution >= 0.6 is 0 Å². The zero-order chi connectivity index (χ0) is 12.7. The van der Waals surface area contributed by atoms with Gasteiger partial charge in [-0.1, -0.05) is 18.2 Å². The Morgan fingerprint density at radius 3 is 2.53 bits per heavy atom. The summed E-state index contributed by atoms with van der Waals surface area (Å²) in [5.41, 5.74) is 0.806. The molecule has 2 atom stereocenters. The van der Waals surface area contributed by atoms with Crippen molar-refractivity contribution in [2.45, 2.75) is 32.4 Å². The summed E-state index contributed by atoms with van der Waals surface area (Å²) in [6.07, 6.45) is -0.00337. The topological polar surface area (TPSA) is 61.4 Å². The Bertz CT molecular complexity index is 339. The molecule has 0 radical (unpaired) electrons. The SMILES string of the molecule is CC(O)CNC(C)CC(=O)Nc1ccccc1. The summed E-state index contributed by atoms with van der Waals surface area (Å²) >= 11 is 0. The van der Waals surface area contributed by atoms with Crippen molar-refractivity contribution in [2.75, 3.05) is 11.9 Å². The van der Waals surface area contributed by atoms with E-state index >= 15 is 0 Å². The molecule has 0 saturated carbocycles. The van der Waals surface area contributed by atoms with Gasteiger partial charge >= 0.3 is 0 Å². The van der Waals surface area contributed by atoms with Gasteiger partial charge in [-0.05, 0) is 26.0 Å². The maximum atomic E-state index is 11.7. The Morgan fingerprint density at radius 1 is 1.29 bits per heavy atom. The third-order valence-electron chi connectivity index (χ3n) is 2.31. The molecular weight excluding hydrogens is 216 g/mol. The second-order valence-corrected chi connectivity index (χ2v) is 4.28. The highest BCUT2D eigenvalue weighted by molar-refractivity contribution is 5.90. The van der Waals surface area contributed by atoms with Gasteiger partial charge in [0.15, 0.2) is 0 Å². The van der Waals surface area contributed by atoms with Gasteiger partial charge in [-0.25, -0.2) is 0 Å². The molecule has 0 aliphatic carbocycles. The average Bonchev–Trinajstić information content (AvgIpc) is 2.27. The summed E-state index contributed by atoms with van der Waals surface area (Å²) in [4.78, 5) is 11.7. The highest BCUT2D eigenvalue weighted by Crippen LogP contribution is 2.06. The Hall–Kier alpha value is -1.39. The van der Waals surface area contributed by atoms with Crippen molar-refractivity contribution in [3.05, 3.63) is 30.3 Å². The minimum atomic E-state index is -0.394. The number of aliphatic hydroxyl groups excluding tert-OH is 1. The highest BCUT2D eigenvalue weighted by Gasteiger charge is 2.09. The van der Waals surface area contributed by atoms with Gasteiger partial charge < -0.3 is 15.7 Å². The summed E-state index contributed by atoms with van der Waals surface area (Å²) in [5, 5.41) is 15.0. The maximum absolute atomic E-state index is 11.7. The van der Waals surface area contributed by atoms with Gasteiger partial charge in [0.25, 0.3) is 0 Å². The number of amides is 1. The molecule has 17 heavy (non-hydrogen) atoms. The highest BCUT2D eigenvalue weighted by atomic mass is 16.3. The molecule has 0 saturated heterocycles. The number of aliphatic hydroxyl groups is 1. The molecule has 94 valence electrons. The molecule has 3 N–H and O–H groups in total. The molecule has 0 aliphatic rings.